The van der Waals surface area contributed by atoms with Gasteiger partial charge in [-0.25, -0.2) is 0 Å². The number of fused-ring (bicyclic) bond motifs is 7. The number of aliphatic hydroxyl groups excluding tert-OH is 1. The average molecular weight is 467 g/mol. The summed E-state index contributed by atoms with van der Waals surface area (Å²) in [7, 11) is 1.52. The average Bonchev–Trinajstić information content (AvgIpc) is 2.78. The molecule has 7 unspecified atom stereocenters. The van der Waals surface area contributed by atoms with Crippen LogP contribution in [0.5, 0.6) is 11.5 Å². The molecule has 0 spiro atoms. The highest BCUT2D eigenvalue weighted by molar-refractivity contribution is 6.10. The van der Waals surface area contributed by atoms with Gasteiger partial charge in [0, 0.05) is 27.9 Å². The molecule has 0 radical (unpaired) electrons. The van der Waals surface area contributed by atoms with Gasteiger partial charge in [0.2, 0.25) is 0 Å². The Labute approximate surface area is 202 Å². The number of methoxy groups -OCH3 is 1. The summed E-state index contributed by atoms with van der Waals surface area (Å²) in [6.45, 7) is 12.8. The first-order valence-electron chi connectivity index (χ1n) is 12.7. The van der Waals surface area contributed by atoms with E-state index < -0.39 is 11.5 Å². The van der Waals surface area contributed by atoms with Crippen molar-refractivity contribution in [2.45, 2.75) is 85.2 Å². The summed E-state index contributed by atoms with van der Waals surface area (Å²) in [4.78, 5) is 26.4. The van der Waals surface area contributed by atoms with Crippen molar-refractivity contribution in [3.05, 3.63) is 34.4 Å². The van der Waals surface area contributed by atoms with Gasteiger partial charge in [0.05, 0.1) is 7.11 Å². The Balaban J connectivity index is 1.68. The molecule has 0 aliphatic heterocycles. The van der Waals surface area contributed by atoms with Crippen LogP contribution in [-0.2, 0) is 10.2 Å². The molecule has 3 saturated carbocycles. The topological polar surface area (TPSA) is 83.8 Å². The fraction of sp³-hybridized carbons (Fsp3) is 0.655. The summed E-state index contributed by atoms with van der Waals surface area (Å²) >= 11 is 0. The van der Waals surface area contributed by atoms with Crippen LogP contribution in [0.2, 0.25) is 0 Å². The Hall–Kier alpha value is -2.14. The summed E-state index contributed by atoms with van der Waals surface area (Å²) in [6, 6.07) is 1.75. The zero-order valence-corrected chi connectivity index (χ0v) is 21.5. The molecule has 1 aromatic rings. The van der Waals surface area contributed by atoms with Crippen LogP contribution in [0.3, 0.4) is 0 Å². The van der Waals surface area contributed by atoms with Crippen LogP contribution >= 0.6 is 0 Å². The number of Topliss-reactive ketones (excluding diaryl/α,β-unsaturated/α-hetero) is 1. The fourth-order valence-corrected chi connectivity index (χ4v) is 8.75. The van der Waals surface area contributed by atoms with E-state index in [-0.39, 0.29) is 45.4 Å². The maximum absolute atomic E-state index is 13.6. The minimum absolute atomic E-state index is 0.0208. The highest BCUT2D eigenvalue weighted by Gasteiger charge is 2.68. The number of carbonyl (C=O) groups excluding carboxylic acids is 2. The number of allylic oxidation sites excluding steroid dienone is 2. The van der Waals surface area contributed by atoms with Gasteiger partial charge in [0.25, 0.3) is 0 Å². The molecule has 0 aromatic heterocycles. The zero-order valence-electron chi connectivity index (χ0n) is 21.5. The largest absolute Gasteiger partial charge is 0.504 e. The zero-order chi connectivity index (χ0) is 25.0. The van der Waals surface area contributed by atoms with E-state index in [1.165, 1.54) is 7.11 Å². The van der Waals surface area contributed by atoms with Crippen molar-refractivity contribution in [2.24, 2.45) is 28.1 Å². The standard InChI is InChI=1S/C29H38O5/c1-15-12-20-27(4,25(33)23(15)32)9-11-29(6)21-14-18(30)22-16(2)24(34-7)19(31)13-17(22)26(21,3)8-10-28(20,29)5/h13-15,20,25,31,33H,8-12H2,1-7H3. The Kier molecular flexibility index (Phi) is 4.83. The smallest absolute Gasteiger partial charge is 0.186 e. The maximum Gasteiger partial charge on any atom is 0.186 e. The lowest BCUT2D eigenvalue weighted by Crippen LogP contribution is -2.65. The van der Waals surface area contributed by atoms with Crippen molar-refractivity contribution < 1.29 is 24.5 Å². The second-order valence-corrected chi connectivity index (χ2v) is 12.5. The van der Waals surface area contributed by atoms with Gasteiger partial charge in [0.1, 0.15) is 6.10 Å². The van der Waals surface area contributed by atoms with Crippen LogP contribution in [-0.4, -0.2) is 35.0 Å². The first-order chi connectivity index (χ1) is 15.8. The van der Waals surface area contributed by atoms with Gasteiger partial charge >= 0.3 is 0 Å². The summed E-state index contributed by atoms with van der Waals surface area (Å²) < 4.78 is 5.41. The van der Waals surface area contributed by atoms with Crippen molar-refractivity contribution in [1.82, 2.24) is 0 Å². The van der Waals surface area contributed by atoms with Crippen molar-refractivity contribution in [2.75, 3.05) is 7.11 Å². The number of hydrogen-bond acceptors (Lipinski definition) is 5. The SMILES string of the molecule is COc1c(O)cc2c(c1C)C(=O)C=C1C2(C)CCC2(C)C3CC(C)C(=O)C(O)C3(C)CCC12C. The molecule has 7 atom stereocenters. The van der Waals surface area contributed by atoms with Crippen LogP contribution in [0.15, 0.2) is 17.7 Å². The van der Waals surface area contributed by atoms with Crippen LogP contribution in [0.1, 0.15) is 88.2 Å². The van der Waals surface area contributed by atoms with Gasteiger partial charge in [-0.05, 0) is 79.1 Å². The second-order valence-electron chi connectivity index (χ2n) is 12.5. The lowest BCUT2D eigenvalue weighted by Gasteiger charge is -2.69. The molecule has 34 heavy (non-hydrogen) atoms. The normalized spacial score (nSPS) is 43.3. The van der Waals surface area contributed by atoms with E-state index in [1.807, 2.05) is 19.9 Å². The number of rotatable bonds is 1. The third-order valence-corrected chi connectivity index (χ3v) is 11.1. The molecule has 0 saturated heterocycles. The molecular weight excluding hydrogens is 428 g/mol. The fourth-order valence-electron chi connectivity index (χ4n) is 8.75. The molecule has 184 valence electrons. The monoisotopic (exact) mass is 466 g/mol. The molecule has 3 fully saturated rings. The van der Waals surface area contributed by atoms with Crippen molar-refractivity contribution in [1.29, 1.82) is 0 Å². The van der Waals surface area contributed by atoms with Crippen LogP contribution in [0, 0.1) is 35.0 Å². The highest BCUT2D eigenvalue weighted by Crippen LogP contribution is 2.73. The van der Waals surface area contributed by atoms with E-state index in [0.717, 1.165) is 43.2 Å². The van der Waals surface area contributed by atoms with Gasteiger partial charge in [-0.2, -0.15) is 0 Å². The number of ether oxygens (including phenoxy) is 1. The lowest BCUT2D eigenvalue weighted by atomic mass is 9.35. The third-order valence-electron chi connectivity index (χ3n) is 11.1. The molecule has 0 amide bonds. The van der Waals surface area contributed by atoms with Gasteiger partial charge in [-0.3, -0.25) is 9.59 Å². The van der Waals surface area contributed by atoms with Crippen LogP contribution in [0.4, 0.5) is 0 Å². The quantitative estimate of drug-likeness (QED) is 0.588. The predicted octanol–water partition coefficient (Wildman–Crippen LogP) is 5.28. The predicted molar refractivity (Wildman–Crippen MR) is 130 cm³/mol. The van der Waals surface area contributed by atoms with Gasteiger partial charge in [0.15, 0.2) is 23.1 Å². The van der Waals surface area contributed by atoms with Gasteiger partial charge in [-0.15, -0.1) is 0 Å². The number of aromatic hydroxyl groups is 1. The number of phenolic OH excluding ortho intramolecular Hbond substituents is 1. The summed E-state index contributed by atoms with van der Waals surface area (Å²) in [5.74, 6) is 0.427. The summed E-state index contributed by atoms with van der Waals surface area (Å²) in [6.07, 6.45) is 5.09. The number of aliphatic hydroxyl groups is 1. The van der Waals surface area contributed by atoms with Crippen molar-refractivity contribution in [3.8, 4) is 11.5 Å². The number of hydrogen-bond donors (Lipinski definition) is 2. The van der Waals surface area contributed by atoms with E-state index in [2.05, 4.69) is 27.7 Å². The molecule has 5 rings (SSSR count). The number of phenols is 1. The van der Waals surface area contributed by atoms with Gasteiger partial charge < -0.3 is 14.9 Å². The molecule has 5 nitrogen and oxygen atoms in total. The first-order valence-corrected chi connectivity index (χ1v) is 12.7. The lowest BCUT2D eigenvalue weighted by molar-refractivity contribution is -0.190. The molecule has 0 bridgehead atoms. The van der Waals surface area contributed by atoms with E-state index >= 15 is 0 Å². The number of ketones is 2. The Morgan fingerprint density at radius 1 is 1.06 bits per heavy atom. The van der Waals surface area contributed by atoms with E-state index in [0.29, 0.717) is 16.9 Å². The molecule has 0 heterocycles. The number of benzene rings is 1. The van der Waals surface area contributed by atoms with Crippen LogP contribution in [0.25, 0.3) is 0 Å². The molecule has 4 aliphatic carbocycles. The van der Waals surface area contributed by atoms with Gasteiger partial charge in [-0.1, -0.05) is 34.6 Å². The Morgan fingerprint density at radius 2 is 1.74 bits per heavy atom. The Morgan fingerprint density at radius 3 is 2.38 bits per heavy atom. The molecule has 1 aromatic carbocycles. The van der Waals surface area contributed by atoms with Crippen molar-refractivity contribution in [3.63, 3.8) is 0 Å². The summed E-state index contributed by atoms with van der Waals surface area (Å²) in [5, 5.41) is 21.8. The minimum atomic E-state index is -0.925. The van der Waals surface area contributed by atoms with Crippen molar-refractivity contribution >= 4 is 11.6 Å². The molecule has 4 aliphatic rings. The minimum Gasteiger partial charge on any atom is -0.504 e. The van der Waals surface area contributed by atoms with E-state index in [4.69, 9.17) is 4.74 Å². The Bertz CT molecular complexity index is 1150. The first kappa shape index (κ1) is 23.6. The van der Waals surface area contributed by atoms with Crippen LogP contribution < -0.4 is 4.74 Å². The molecular formula is C29H38O5. The number of carbonyl (C=O) groups is 2. The van der Waals surface area contributed by atoms with E-state index in [9.17, 15) is 19.8 Å². The highest BCUT2D eigenvalue weighted by atomic mass is 16.5. The maximum atomic E-state index is 13.6. The van der Waals surface area contributed by atoms with E-state index in [1.54, 1.807) is 6.07 Å². The second kappa shape index (κ2) is 6.96. The molecule has 5 heteroatoms. The molecule has 2 N–H and O–H groups in total. The summed E-state index contributed by atoms with van der Waals surface area (Å²) in [5.41, 5.74) is 2.19. The third kappa shape index (κ3) is 2.54.